The fourth-order valence-electron chi connectivity index (χ4n) is 3.59. The summed E-state index contributed by atoms with van der Waals surface area (Å²) in [5, 5.41) is 10.3. The van der Waals surface area contributed by atoms with E-state index in [1.54, 1.807) is 6.07 Å². The number of pyridine rings is 1. The monoisotopic (exact) mass is 292 g/mol. The summed E-state index contributed by atoms with van der Waals surface area (Å²) in [4.78, 5) is 14.2. The van der Waals surface area contributed by atoms with Crippen molar-refractivity contribution < 1.29 is 9.84 Å². The second-order valence-corrected chi connectivity index (χ2v) is 6.14. The Labute approximate surface area is 125 Å². The van der Waals surface area contributed by atoms with E-state index in [1.165, 1.54) is 12.8 Å². The van der Waals surface area contributed by atoms with Crippen molar-refractivity contribution in [3.63, 3.8) is 0 Å². The van der Waals surface area contributed by atoms with Crippen molar-refractivity contribution in [3.05, 3.63) is 27.7 Å². The standard InChI is InChI=1S/C16H24N2O3/c1-12-10-15(19)16(20)14(11-17-6-8-21-9-7-17)18(12)13-4-2-3-5-13/h10,13,20H,2-9,11H2,1H3. The third kappa shape index (κ3) is 2.99. The van der Waals surface area contributed by atoms with Crippen LogP contribution in [-0.2, 0) is 11.3 Å². The molecule has 1 saturated heterocycles. The lowest BCUT2D eigenvalue weighted by Crippen LogP contribution is -2.37. The van der Waals surface area contributed by atoms with Crippen LogP contribution in [0.15, 0.2) is 10.9 Å². The van der Waals surface area contributed by atoms with Crippen molar-refractivity contribution in [3.8, 4) is 5.75 Å². The molecule has 2 fully saturated rings. The van der Waals surface area contributed by atoms with E-state index in [-0.39, 0.29) is 11.2 Å². The number of hydrogen-bond acceptors (Lipinski definition) is 4. The predicted molar refractivity (Wildman–Crippen MR) is 80.7 cm³/mol. The third-order valence-corrected chi connectivity index (χ3v) is 4.68. The smallest absolute Gasteiger partial charge is 0.223 e. The molecule has 116 valence electrons. The average molecular weight is 292 g/mol. The fraction of sp³-hybridized carbons (Fsp3) is 0.688. The minimum Gasteiger partial charge on any atom is -0.503 e. The lowest BCUT2D eigenvalue weighted by atomic mass is 10.1. The molecule has 0 unspecified atom stereocenters. The zero-order valence-electron chi connectivity index (χ0n) is 12.7. The summed E-state index contributed by atoms with van der Waals surface area (Å²) in [6.45, 7) is 5.75. The maximum absolute atomic E-state index is 12.0. The van der Waals surface area contributed by atoms with Gasteiger partial charge in [0.25, 0.3) is 0 Å². The highest BCUT2D eigenvalue weighted by Gasteiger charge is 2.24. The molecule has 0 bridgehead atoms. The molecular weight excluding hydrogens is 268 g/mol. The molecule has 21 heavy (non-hydrogen) atoms. The SMILES string of the molecule is Cc1cc(=O)c(O)c(CN2CCOCC2)n1C1CCCC1. The highest BCUT2D eigenvalue weighted by atomic mass is 16.5. The zero-order valence-corrected chi connectivity index (χ0v) is 12.7. The Morgan fingerprint density at radius 3 is 2.62 bits per heavy atom. The first-order valence-corrected chi connectivity index (χ1v) is 7.91. The highest BCUT2D eigenvalue weighted by Crippen LogP contribution is 2.33. The lowest BCUT2D eigenvalue weighted by molar-refractivity contribution is 0.0324. The Morgan fingerprint density at radius 2 is 1.95 bits per heavy atom. The Hall–Kier alpha value is -1.33. The number of morpholine rings is 1. The molecule has 0 radical (unpaired) electrons. The molecule has 2 aliphatic rings. The lowest BCUT2D eigenvalue weighted by Gasteiger charge is -2.30. The summed E-state index contributed by atoms with van der Waals surface area (Å²) < 4.78 is 7.58. The number of hydrogen-bond donors (Lipinski definition) is 1. The Balaban J connectivity index is 1.96. The van der Waals surface area contributed by atoms with Gasteiger partial charge in [-0.05, 0) is 19.8 Å². The predicted octanol–water partition coefficient (Wildman–Crippen LogP) is 1.81. The van der Waals surface area contributed by atoms with Gasteiger partial charge in [0.05, 0.1) is 18.9 Å². The van der Waals surface area contributed by atoms with E-state index in [4.69, 9.17) is 4.74 Å². The molecule has 5 heteroatoms. The van der Waals surface area contributed by atoms with Gasteiger partial charge in [-0.2, -0.15) is 0 Å². The molecule has 2 heterocycles. The third-order valence-electron chi connectivity index (χ3n) is 4.68. The van der Waals surface area contributed by atoms with Gasteiger partial charge in [-0.3, -0.25) is 9.69 Å². The van der Waals surface area contributed by atoms with Crippen molar-refractivity contribution in [1.29, 1.82) is 0 Å². The van der Waals surface area contributed by atoms with Crippen LogP contribution in [-0.4, -0.2) is 40.9 Å². The fourth-order valence-corrected chi connectivity index (χ4v) is 3.59. The van der Waals surface area contributed by atoms with Crippen molar-refractivity contribution in [2.75, 3.05) is 26.3 Å². The van der Waals surface area contributed by atoms with E-state index in [2.05, 4.69) is 9.47 Å². The molecule has 3 rings (SSSR count). The van der Waals surface area contributed by atoms with E-state index in [1.807, 2.05) is 6.92 Å². The van der Waals surface area contributed by atoms with Gasteiger partial charge in [-0.25, -0.2) is 0 Å². The quantitative estimate of drug-likeness (QED) is 0.923. The number of aromatic nitrogens is 1. The van der Waals surface area contributed by atoms with E-state index in [9.17, 15) is 9.90 Å². The van der Waals surface area contributed by atoms with Crippen molar-refractivity contribution >= 4 is 0 Å². The molecule has 1 N–H and O–H groups in total. The van der Waals surface area contributed by atoms with Crippen molar-refractivity contribution in [1.82, 2.24) is 9.47 Å². The maximum Gasteiger partial charge on any atom is 0.223 e. The van der Waals surface area contributed by atoms with Crippen LogP contribution in [0.3, 0.4) is 0 Å². The molecule has 1 aliphatic carbocycles. The average Bonchev–Trinajstić information content (AvgIpc) is 2.99. The van der Waals surface area contributed by atoms with Crippen LogP contribution in [0.4, 0.5) is 0 Å². The zero-order chi connectivity index (χ0) is 14.8. The summed E-state index contributed by atoms with van der Waals surface area (Å²) in [7, 11) is 0. The Kier molecular flexibility index (Phi) is 4.31. The molecule has 0 atom stereocenters. The first-order chi connectivity index (χ1) is 10.2. The van der Waals surface area contributed by atoms with Gasteiger partial charge in [0.15, 0.2) is 5.75 Å². The summed E-state index contributed by atoms with van der Waals surface area (Å²) in [5.41, 5.74) is 1.49. The van der Waals surface area contributed by atoms with E-state index >= 15 is 0 Å². The van der Waals surface area contributed by atoms with E-state index < -0.39 is 0 Å². The van der Waals surface area contributed by atoms with Crippen molar-refractivity contribution in [2.45, 2.75) is 45.2 Å². The topological polar surface area (TPSA) is 54.7 Å². The molecule has 1 saturated carbocycles. The second-order valence-electron chi connectivity index (χ2n) is 6.14. The summed E-state index contributed by atoms with van der Waals surface area (Å²) in [6, 6.07) is 1.99. The summed E-state index contributed by atoms with van der Waals surface area (Å²) >= 11 is 0. The Morgan fingerprint density at radius 1 is 1.29 bits per heavy atom. The Bertz CT molecular complexity index is 555. The van der Waals surface area contributed by atoms with E-state index in [0.717, 1.165) is 50.5 Å². The largest absolute Gasteiger partial charge is 0.503 e. The number of nitrogens with zero attached hydrogens (tertiary/aromatic N) is 2. The molecule has 1 aromatic rings. The minimum absolute atomic E-state index is 0.0704. The summed E-state index contributed by atoms with van der Waals surface area (Å²) in [6.07, 6.45) is 4.74. The summed E-state index contributed by atoms with van der Waals surface area (Å²) in [5.74, 6) is -0.0704. The van der Waals surface area contributed by atoms with Gasteiger partial charge in [-0.1, -0.05) is 12.8 Å². The van der Waals surface area contributed by atoms with Gasteiger partial charge in [0, 0.05) is 37.4 Å². The van der Waals surface area contributed by atoms with Crippen LogP contribution in [0.1, 0.15) is 43.1 Å². The van der Waals surface area contributed by atoms with Gasteiger partial charge in [0.1, 0.15) is 0 Å². The molecule has 1 aromatic heterocycles. The number of aromatic hydroxyl groups is 1. The first kappa shape index (κ1) is 14.6. The van der Waals surface area contributed by atoms with Crippen LogP contribution < -0.4 is 5.43 Å². The van der Waals surface area contributed by atoms with Gasteiger partial charge < -0.3 is 14.4 Å². The number of ether oxygens (including phenoxy) is 1. The molecule has 5 nitrogen and oxygen atoms in total. The first-order valence-electron chi connectivity index (χ1n) is 7.91. The van der Waals surface area contributed by atoms with Gasteiger partial charge >= 0.3 is 0 Å². The van der Waals surface area contributed by atoms with Crippen LogP contribution in [0.25, 0.3) is 0 Å². The molecule has 0 amide bonds. The van der Waals surface area contributed by atoms with Gasteiger partial charge in [0.2, 0.25) is 5.43 Å². The van der Waals surface area contributed by atoms with Crippen LogP contribution in [0, 0.1) is 6.92 Å². The maximum atomic E-state index is 12.0. The van der Waals surface area contributed by atoms with Crippen molar-refractivity contribution in [2.24, 2.45) is 0 Å². The van der Waals surface area contributed by atoms with Crippen LogP contribution in [0.2, 0.25) is 0 Å². The van der Waals surface area contributed by atoms with Gasteiger partial charge in [-0.15, -0.1) is 0 Å². The second kappa shape index (κ2) is 6.20. The molecular formula is C16H24N2O3. The number of aryl methyl sites for hydroxylation is 1. The van der Waals surface area contributed by atoms with Crippen LogP contribution in [0.5, 0.6) is 5.75 Å². The van der Waals surface area contributed by atoms with Crippen LogP contribution >= 0.6 is 0 Å². The number of rotatable bonds is 3. The molecule has 0 spiro atoms. The molecule has 1 aliphatic heterocycles. The highest BCUT2D eigenvalue weighted by molar-refractivity contribution is 5.30. The molecule has 0 aromatic carbocycles. The van der Waals surface area contributed by atoms with E-state index in [0.29, 0.717) is 12.6 Å². The normalized spacial score (nSPS) is 21.0. The minimum atomic E-state index is -0.259.